The van der Waals surface area contributed by atoms with E-state index < -0.39 is 40.5 Å². The molecular formula is C30H16F6O. The molecule has 0 aliphatic carbocycles. The van der Waals surface area contributed by atoms with Gasteiger partial charge < -0.3 is 4.74 Å². The second-order valence-electron chi connectivity index (χ2n) is 7.76. The molecule has 0 fully saturated rings. The van der Waals surface area contributed by atoms with E-state index in [2.05, 4.69) is 23.7 Å². The van der Waals surface area contributed by atoms with Crippen LogP contribution in [0.25, 0.3) is 10.8 Å². The first-order valence-electron chi connectivity index (χ1n) is 10.9. The summed E-state index contributed by atoms with van der Waals surface area (Å²) in [5.74, 6) is 3.45. The molecule has 0 bridgehead atoms. The first kappa shape index (κ1) is 25.5. The minimum atomic E-state index is -1.56. The zero-order valence-corrected chi connectivity index (χ0v) is 19.2. The van der Waals surface area contributed by atoms with Gasteiger partial charge in [-0.25, -0.2) is 26.3 Å². The van der Waals surface area contributed by atoms with Gasteiger partial charge in [-0.05, 0) is 48.7 Å². The van der Waals surface area contributed by atoms with Gasteiger partial charge in [0, 0.05) is 28.6 Å². The van der Waals surface area contributed by atoms with Crippen molar-refractivity contribution in [1.29, 1.82) is 0 Å². The molecule has 0 aliphatic rings. The maximum Gasteiger partial charge on any atom is 0.195 e. The fourth-order valence-electron chi connectivity index (χ4n) is 3.34. The average Bonchev–Trinajstić information content (AvgIpc) is 2.86. The zero-order chi connectivity index (χ0) is 26.5. The van der Waals surface area contributed by atoms with Crippen molar-refractivity contribution in [3.05, 3.63) is 124 Å². The van der Waals surface area contributed by atoms with Crippen molar-refractivity contribution in [2.45, 2.75) is 6.92 Å². The van der Waals surface area contributed by atoms with Crippen LogP contribution < -0.4 is 4.74 Å². The van der Waals surface area contributed by atoms with Gasteiger partial charge in [0.25, 0.3) is 0 Å². The number of hydrogen-bond donors (Lipinski definition) is 0. The molecule has 0 spiro atoms. The topological polar surface area (TPSA) is 9.23 Å². The monoisotopic (exact) mass is 506 g/mol. The smallest absolute Gasteiger partial charge is 0.195 e. The van der Waals surface area contributed by atoms with Crippen molar-refractivity contribution in [2.75, 3.05) is 6.61 Å². The number of allylic oxidation sites excluding steroid dienone is 1. The fourth-order valence-corrected chi connectivity index (χ4v) is 3.34. The van der Waals surface area contributed by atoms with Crippen molar-refractivity contribution in [2.24, 2.45) is 0 Å². The number of hydrogen-bond acceptors (Lipinski definition) is 1. The van der Waals surface area contributed by atoms with Gasteiger partial charge in [0.2, 0.25) is 0 Å². The minimum absolute atomic E-state index is 0.00195. The summed E-state index contributed by atoms with van der Waals surface area (Å²) in [5.41, 5.74) is 0.00744. The second-order valence-corrected chi connectivity index (χ2v) is 7.76. The number of ether oxygens (including phenoxy) is 1. The van der Waals surface area contributed by atoms with Crippen molar-refractivity contribution in [3.8, 4) is 29.4 Å². The lowest BCUT2D eigenvalue weighted by Gasteiger charge is -2.05. The molecular weight excluding hydrogens is 490 g/mol. The summed E-state index contributed by atoms with van der Waals surface area (Å²) in [6.07, 6.45) is 3.41. The van der Waals surface area contributed by atoms with Gasteiger partial charge in [-0.2, -0.15) is 0 Å². The molecule has 4 aromatic rings. The van der Waals surface area contributed by atoms with Crippen LogP contribution in [0, 0.1) is 58.6 Å². The van der Waals surface area contributed by atoms with Gasteiger partial charge in [0.15, 0.2) is 17.5 Å². The maximum absolute atomic E-state index is 14.6. The molecule has 1 nitrogen and oxygen atoms in total. The summed E-state index contributed by atoms with van der Waals surface area (Å²) < 4.78 is 89.1. The van der Waals surface area contributed by atoms with Crippen LogP contribution in [0.1, 0.15) is 29.2 Å². The molecule has 184 valence electrons. The third kappa shape index (κ3) is 5.79. The van der Waals surface area contributed by atoms with E-state index in [4.69, 9.17) is 4.74 Å². The lowest BCUT2D eigenvalue weighted by atomic mass is 10.1. The Bertz CT molecular complexity index is 1640. The summed E-state index contributed by atoms with van der Waals surface area (Å²) in [6, 6.07) is 10.7. The molecule has 0 saturated heterocycles. The van der Waals surface area contributed by atoms with Crippen molar-refractivity contribution in [3.63, 3.8) is 0 Å². The Morgan fingerprint density at radius 3 is 2.05 bits per heavy atom. The van der Waals surface area contributed by atoms with E-state index in [0.717, 1.165) is 24.3 Å². The standard InChI is InChI=1S/C30H16F6O/c1-2-3-12-37-22-16-26(32)24(27(33)17-22)11-7-19-5-9-20(25(31)14-19)8-4-18-6-10-23-21(13-18)15-28(34)30(36)29(23)35/h2-3,5-6,9-10,13-17H,12H2,1H3/b3-2+. The van der Waals surface area contributed by atoms with Gasteiger partial charge in [-0.3, -0.25) is 0 Å². The van der Waals surface area contributed by atoms with Crippen molar-refractivity contribution in [1.82, 2.24) is 0 Å². The van der Waals surface area contributed by atoms with Gasteiger partial charge in [0.1, 0.15) is 29.8 Å². The first-order valence-corrected chi connectivity index (χ1v) is 10.9. The van der Waals surface area contributed by atoms with Crippen LogP contribution in [-0.2, 0) is 0 Å². The van der Waals surface area contributed by atoms with Crippen LogP contribution in [0.3, 0.4) is 0 Å². The molecule has 0 atom stereocenters. The summed E-state index contributed by atoms with van der Waals surface area (Å²) in [7, 11) is 0. The lowest BCUT2D eigenvalue weighted by Crippen LogP contribution is -1.97. The fraction of sp³-hybridized carbons (Fsp3) is 0.0667. The van der Waals surface area contributed by atoms with Crippen LogP contribution in [-0.4, -0.2) is 6.61 Å². The summed E-state index contributed by atoms with van der Waals surface area (Å²) >= 11 is 0. The molecule has 0 heterocycles. The largest absolute Gasteiger partial charge is 0.489 e. The van der Waals surface area contributed by atoms with Crippen LogP contribution in [0.2, 0.25) is 0 Å². The average molecular weight is 506 g/mol. The Labute approximate surface area is 209 Å². The van der Waals surface area contributed by atoms with Crippen LogP contribution >= 0.6 is 0 Å². The molecule has 0 amide bonds. The number of rotatable bonds is 3. The molecule has 4 aromatic carbocycles. The molecule has 0 saturated carbocycles. The van der Waals surface area contributed by atoms with Gasteiger partial charge >= 0.3 is 0 Å². The van der Waals surface area contributed by atoms with Gasteiger partial charge in [-0.1, -0.05) is 41.9 Å². The van der Waals surface area contributed by atoms with E-state index in [9.17, 15) is 26.3 Å². The van der Waals surface area contributed by atoms with E-state index in [0.29, 0.717) is 5.56 Å². The predicted octanol–water partition coefficient (Wildman–Crippen LogP) is 7.43. The van der Waals surface area contributed by atoms with Crippen LogP contribution in [0.5, 0.6) is 5.75 Å². The lowest BCUT2D eigenvalue weighted by molar-refractivity contribution is 0.357. The quantitative estimate of drug-likeness (QED) is 0.122. The highest BCUT2D eigenvalue weighted by atomic mass is 19.2. The maximum atomic E-state index is 14.6. The SMILES string of the molecule is C/C=C/COc1cc(F)c(C#Cc2ccc(C#Cc3ccc4c(F)c(F)c(F)cc4c3)c(F)c2)c(F)c1. The van der Waals surface area contributed by atoms with E-state index in [-0.39, 0.29) is 34.3 Å². The van der Waals surface area contributed by atoms with E-state index in [1.807, 2.05) is 0 Å². The summed E-state index contributed by atoms with van der Waals surface area (Å²) in [5, 5.41) is -0.00612. The van der Waals surface area contributed by atoms with Crippen LogP contribution in [0.15, 0.2) is 66.7 Å². The highest BCUT2D eigenvalue weighted by molar-refractivity contribution is 5.84. The normalized spacial score (nSPS) is 10.7. The number of fused-ring (bicyclic) bond motifs is 1. The van der Waals surface area contributed by atoms with Crippen LogP contribution in [0.4, 0.5) is 26.3 Å². The molecule has 0 aromatic heterocycles. The molecule has 0 unspecified atom stereocenters. The van der Waals surface area contributed by atoms with E-state index in [1.165, 1.54) is 30.3 Å². The van der Waals surface area contributed by atoms with Gasteiger partial charge in [0.05, 0.1) is 11.1 Å². The third-order valence-corrected chi connectivity index (χ3v) is 5.21. The Hall–Kier alpha value is -4.62. The van der Waals surface area contributed by atoms with Crippen molar-refractivity contribution < 1.29 is 31.1 Å². The van der Waals surface area contributed by atoms with Crippen molar-refractivity contribution >= 4 is 10.8 Å². The summed E-state index contributed by atoms with van der Waals surface area (Å²) in [4.78, 5) is 0. The third-order valence-electron chi connectivity index (χ3n) is 5.21. The molecule has 37 heavy (non-hydrogen) atoms. The second kappa shape index (κ2) is 11.0. The Balaban J connectivity index is 1.55. The highest BCUT2D eigenvalue weighted by Crippen LogP contribution is 2.24. The minimum Gasteiger partial charge on any atom is -0.489 e. The first-order chi connectivity index (χ1) is 17.8. The number of halogens is 6. The molecule has 7 heteroatoms. The number of benzene rings is 4. The highest BCUT2D eigenvalue weighted by Gasteiger charge is 2.13. The molecule has 0 aliphatic heterocycles. The molecule has 4 rings (SSSR count). The van der Waals surface area contributed by atoms with E-state index in [1.54, 1.807) is 19.1 Å². The molecule has 0 N–H and O–H groups in total. The zero-order valence-electron chi connectivity index (χ0n) is 19.2. The Morgan fingerprint density at radius 2 is 1.35 bits per heavy atom. The van der Waals surface area contributed by atoms with Gasteiger partial charge in [-0.15, -0.1) is 0 Å². The molecule has 0 radical (unpaired) electrons. The Kier molecular flexibility index (Phi) is 7.55. The van der Waals surface area contributed by atoms with E-state index >= 15 is 0 Å². The summed E-state index contributed by atoms with van der Waals surface area (Å²) in [6.45, 7) is 1.94. The Morgan fingerprint density at radius 1 is 0.676 bits per heavy atom. The predicted molar refractivity (Wildman–Crippen MR) is 129 cm³/mol.